The Labute approximate surface area is 149 Å². The molecule has 4 nitrogen and oxygen atoms in total. The molecule has 1 unspecified atom stereocenters. The number of piperidine rings is 1. The maximum absolute atomic E-state index is 12.4. The molecule has 0 aromatic carbocycles. The quantitative estimate of drug-likeness (QED) is 0.749. The summed E-state index contributed by atoms with van der Waals surface area (Å²) in [7, 11) is 0. The van der Waals surface area contributed by atoms with Gasteiger partial charge in [0.25, 0.3) is 0 Å². The topological polar surface area (TPSA) is 49.4 Å². The average molecular weight is 351 g/mol. The summed E-state index contributed by atoms with van der Waals surface area (Å²) < 4.78 is 0. The first-order chi connectivity index (χ1) is 11.6. The molecule has 1 heterocycles. The molecule has 134 valence electrons. The van der Waals surface area contributed by atoms with Gasteiger partial charge in [-0.1, -0.05) is 11.6 Å². The van der Waals surface area contributed by atoms with Crippen molar-refractivity contribution in [2.45, 2.75) is 51.4 Å². The molecule has 24 heavy (non-hydrogen) atoms. The van der Waals surface area contributed by atoms with Gasteiger partial charge in [-0.15, -0.1) is 0 Å². The molecule has 0 aromatic rings. The number of likely N-dealkylation sites (tertiary alicyclic amines) is 1. The van der Waals surface area contributed by atoms with Gasteiger partial charge in [0, 0.05) is 25.6 Å². The summed E-state index contributed by atoms with van der Waals surface area (Å²) >= 11 is 1.59. The van der Waals surface area contributed by atoms with Crippen molar-refractivity contribution in [3.63, 3.8) is 0 Å². The number of carbonyl (C=O) groups excluding carboxylic acids is 2. The molecule has 2 amide bonds. The average Bonchev–Trinajstić information content (AvgIpc) is 3.30. The minimum absolute atomic E-state index is 0.190. The van der Waals surface area contributed by atoms with Gasteiger partial charge in [0.1, 0.15) is 0 Å². The van der Waals surface area contributed by atoms with Crippen molar-refractivity contribution in [2.24, 2.45) is 11.3 Å². The van der Waals surface area contributed by atoms with Gasteiger partial charge in [-0.3, -0.25) is 9.59 Å². The number of carbonyl (C=O) groups is 2. The van der Waals surface area contributed by atoms with Crippen LogP contribution in [0.5, 0.6) is 0 Å². The lowest BCUT2D eigenvalue weighted by molar-refractivity contribution is -0.130. The minimum atomic E-state index is 0.190. The van der Waals surface area contributed by atoms with Gasteiger partial charge in [0.05, 0.1) is 5.75 Å². The summed E-state index contributed by atoms with van der Waals surface area (Å²) in [5.74, 6) is 1.26. The summed E-state index contributed by atoms with van der Waals surface area (Å²) in [4.78, 5) is 26.4. The van der Waals surface area contributed by atoms with Crippen molar-refractivity contribution in [1.82, 2.24) is 10.2 Å². The van der Waals surface area contributed by atoms with Crippen molar-refractivity contribution < 1.29 is 9.59 Å². The van der Waals surface area contributed by atoms with E-state index in [1.165, 1.54) is 31.3 Å². The lowest BCUT2D eigenvalue weighted by Gasteiger charge is -2.32. The Balaban J connectivity index is 1.38. The molecule has 3 rings (SSSR count). The molecule has 1 spiro atoms. The molecule has 0 bridgehead atoms. The Hall–Kier alpha value is -0.970. The molecule has 3 aliphatic rings. The Bertz CT molecular complexity index is 509. The zero-order chi connectivity index (χ0) is 17.0. The van der Waals surface area contributed by atoms with E-state index in [0.29, 0.717) is 5.75 Å². The van der Waals surface area contributed by atoms with Gasteiger partial charge in [-0.25, -0.2) is 0 Å². The second kappa shape index (κ2) is 7.94. The second-order valence-corrected chi connectivity index (χ2v) is 8.45. The summed E-state index contributed by atoms with van der Waals surface area (Å²) in [5, 5.41) is 3.15. The Kier molecular flexibility index (Phi) is 5.90. The van der Waals surface area contributed by atoms with Crippen molar-refractivity contribution >= 4 is 23.6 Å². The third-order valence-corrected chi connectivity index (χ3v) is 6.55. The molecule has 1 N–H and O–H groups in total. The van der Waals surface area contributed by atoms with Crippen molar-refractivity contribution in [3.05, 3.63) is 11.6 Å². The van der Waals surface area contributed by atoms with Gasteiger partial charge < -0.3 is 10.2 Å². The van der Waals surface area contributed by atoms with Crippen LogP contribution in [0.3, 0.4) is 0 Å². The highest BCUT2D eigenvalue weighted by Gasteiger charge is 2.58. The zero-order valence-corrected chi connectivity index (χ0v) is 15.6. The molecule has 0 radical (unpaired) electrons. The third-order valence-electron chi connectivity index (χ3n) is 6.02. The van der Waals surface area contributed by atoms with Gasteiger partial charge in [-0.05, 0) is 63.0 Å². The van der Waals surface area contributed by atoms with E-state index in [4.69, 9.17) is 0 Å². The van der Waals surface area contributed by atoms with E-state index in [-0.39, 0.29) is 23.1 Å². The monoisotopic (exact) mass is 350 g/mol. The Morgan fingerprint density at radius 2 is 2.12 bits per heavy atom. The SMILES string of the molecule is CSCC(=O)N1CCC2(CC1)CC2C(=O)NCCC1=CCCCC1. The van der Waals surface area contributed by atoms with Crippen LogP contribution in [0.25, 0.3) is 0 Å². The first-order valence-corrected chi connectivity index (χ1v) is 10.8. The lowest BCUT2D eigenvalue weighted by atomic mass is 9.90. The van der Waals surface area contributed by atoms with Crippen LogP contribution in [0.1, 0.15) is 51.4 Å². The second-order valence-electron chi connectivity index (χ2n) is 7.58. The van der Waals surface area contributed by atoms with Crippen LogP contribution in [0.2, 0.25) is 0 Å². The number of hydrogen-bond acceptors (Lipinski definition) is 3. The molecule has 1 saturated carbocycles. The lowest BCUT2D eigenvalue weighted by Crippen LogP contribution is -2.41. The predicted molar refractivity (Wildman–Crippen MR) is 98.9 cm³/mol. The fourth-order valence-electron chi connectivity index (χ4n) is 4.29. The maximum Gasteiger partial charge on any atom is 0.232 e. The zero-order valence-electron chi connectivity index (χ0n) is 14.8. The first kappa shape index (κ1) is 17.8. The highest BCUT2D eigenvalue weighted by Crippen LogP contribution is 2.59. The maximum atomic E-state index is 12.4. The molecule has 5 heteroatoms. The Morgan fingerprint density at radius 3 is 2.79 bits per heavy atom. The molecule has 0 aromatic heterocycles. The van der Waals surface area contributed by atoms with E-state index < -0.39 is 0 Å². The van der Waals surface area contributed by atoms with Crippen LogP contribution in [0.4, 0.5) is 0 Å². The van der Waals surface area contributed by atoms with Crippen LogP contribution in [-0.4, -0.2) is 48.4 Å². The Morgan fingerprint density at radius 1 is 1.33 bits per heavy atom. The molecule has 1 atom stereocenters. The van der Waals surface area contributed by atoms with Crippen LogP contribution >= 0.6 is 11.8 Å². The number of amides is 2. The van der Waals surface area contributed by atoms with Crippen LogP contribution in [0.15, 0.2) is 11.6 Å². The number of hydrogen-bond donors (Lipinski definition) is 1. The molecule has 1 aliphatic heterocycles. The van der Waals surface area contributed by atoms with Crippen molar-refractivity contribution in [2.75, 3.05) is 31.6 Å². The normalized spacial score (nSPS) is 25.3. The number of nitrogens with one attached hydrogen (secondary N) is 1. The van der Waals surface area contributed by atoms with E-state index in [9.17, 15) is 9.59 Å². The summed E-state index contributed by atoms with van der Waals surface area (Å²) in [6.07, 6.45) is 13.4. The minimum Gasteiger partial charge on any atom is -0.356 e. The summed E-state index contributed by atoms with van der Waals surface area (Å²) in [5.41, 5.74) is 1.72. The van der Waals surface area contributed by atoms with Gasteiger partial charge in [0.2, 0.25) is 11.8 Å². The van der Waals surface area contributed by atoms with Crippen molar-refractivity contribution in [3.8, 4) is 0 Å². The number of nitrogens with zero attached hydrogens (tertiary/aromatic N) is 1. The van der Waals surface area contributed by atoms with Gasteiger partial charge >= 0.3 is 0 Å². The smallest absolute Gasteiger partial charge is 0.232 e. The standard InChI is InChI=1S/C19H30N2O2S/c1-24-14-17(22)21-11-8-19(9-12-21)13-16(19)18(23)20-10-7-15-5-3-2-4-6-15/h5,16H,2-4,6-14H2,1H3,(H,20,23). The largest absolute Gasteiger partial charge is 0.356 e. The molecule has 2 fully saturated rings. The fourth-order valence-corrected chi connectivity index (χ4v) is 4.72. The number of thioether (sulfide) groups is 1. The fraction of sp³-hybridized carbons (Fsp3) is 0.789. The molecular weight excluding hydrogens is 320 g/mol. The van der Waals surface area contributed by atoms with Crippen molar-refractivity contribution in [1.29, 1.82) is 0 Å². The summed E-state index contributed by atoms with van der Waals surface area (Å²) in [6, 6.07) is 0. The molecule has 2 aliphatic carbocycles. The van der Waals surface area contributed by atoms with E-state index in [2.05, 4.69) is 11.4 Å². The van der Waals surface area contributed by atoms with E-state index in [1.807, 2.05) is 11.2 Å². The van der Waals surface area contributed by atoms with Gasteiger partial charge in [-0.2, -0.15) is 11.8 Å². The summed E-state index contributed by atoms with van der Waals surface area (Å²) in [6.45, 7) is 2.45. The number of allylic oxidation sites excluding steroid dienone is 1. The van der Waals surface area contributed by atoms with Crippen LogP contribution in [-0.2, 0) is 9.59 Å². The molecular formula is C19H30N2O2S. The highest BCUT2D eigenvalue weighted by molar-refractivity contribution is 7.99. The van der Waals surface area contributed by atoms with E-state index in [0.717, 1.165) is 45.3 Å². The van der Waals surface area contributed by atoms with Crippen LogP contribution < -0.4 is 5.32 Å². The third kappa shape index (κ3) is 4.16. The van der Waals surface area contributed by atoms with E-state index in [1.54, 1.807) is 11.8 Å². The van der Waals surface area contributed by atoms with Gasteiger partial charge in [0.15, 0.2) is 0 Å². The first-order valence-electron chi connectivity index (χ1n) is 9.37. The van der Waals surface area contributed by atoms with Crippen LogP contribution in [0, 0.1) is 11.3 Å². The highest BCUT2D eigenvalue weighted by atomic mass is 32.2. The number of rotatable bonds is 6. The molecule has 1 saturated heterocycles. The predicted octanol–water partition coefficient (Wildman–Crippen LogP) is 2.98. The van der Waals surface area contributed by atoms with E-state index >= 15 is 0 Å².